The fourth-order valence-electron chi connectivity index (χ4n) is 2.48. The van der Waals surface area contributed by atoms with Crippen LogP contribution in [0, 0.1) is 5.92 Å². The average Bonchev–Trinajstić information content (AvgIpc) is 2.47. The number of hydrogen-bond acceptors (Lipinski definition) is 5. The van der Waals surface area contributed by atoms with Crippen LogP contribution in [0.2, 0.25) is 0 Å². The number of likely N-dealkylation sites (tertiary alicyclic amines) is 1. The summed E-state index contributed by atoms with van der Waals surface area (Å²) in [5, 5.41) is 2.99. The van der Waals surface area contributed by atoms with Crippen LogP contribution in [0.5, 0.6) is 0 Å². The molecular formula is C14H24N4O2S. The molecule has 2 heterocycles. The topological polar surface area (TPSA) is 74.3 Å². The summed E-state index contributed by atoms with van der Waals surface area (Å²) in [6.07, 6.45) is 3.66. The first-order chi connectivity index (χ1) is 10.0. The molecule has 0 aromatic carbocycles. The van der Waals surface area contributed by atoms with E-state index in [0.29, 0.717) is 24.8 Å². The summed E-state index contributed by atoms with van der Waals surface area (Å²) in [7, 11) is -1.42. The van der Waals surface area contributed by atoms with Crippen molar-refractivity contribution in [3.63, 3.8) is 0 Å². The van der Waals surface area contributed by atoms with E-state index in [0.717, 1.165) is 25.9 Å². The summed E-state index contributed by atoms with van der Waals surface area (Å²) in [5.41, 5.74) is 0. The number of aromatic nitrogens is 1. The van der Waals surface area contributed by atoms with E-state index in [1.54, 1.807) is 18.3 Å². The number of anilines is 1. The van der Waals surface area contributed by atoms with Gasteiger partial charge in [-0.15, -0.1) is 0 Å². The third-order valence-corrected chi connectivity index (χ3v) is 5.26. The minimum absolute atomic E-state index is 0.222. The first-order valence-electron chi connectivity index (χ1n) is 7.40. The molecule has 0 bridgehead atoms. The van der Waals surface area contributed by atoms with Gasteiger partial charge >= 0.3 is 0 Å². The Kier molecular flexibility index (Phi) is 5.55. The van der Waals surface area contributed by atoms with E-state index in [9.17, 15) is 8.42 Å². The van der Waals surface area contributed by atoms with Gasteiger partial charge in [-0.3, -0.25) is 0 Å². The highest BCUT2D eigenvalue weighted by molar-refractivity contribution is 7.89. The molecule has 1 aromatic rings. The zero-order valence-corrected chi connectivity index (χ0v) is 13.5. The van der Waals surface area contributed by atoms with Gasteiger partial charge in [-0.2, -0.15) is 0 Å². The molecule has 0 aliphatic carbocycles. The predicted octanol–water partition coefficient (Wildman–Crippen LogP) is 1.13. The number of rotatable bonds is 6. The molecule has 0 saturated carbocycles. The normalized spacial score (nSPS) is 17.8. The van der Waals surface area contributed by atoms with Gasteiger partial charge in [0.15, 0.2) is 0 Å². The number of hydrogen-bond donors (Lipinski definition) is 2. The number of nitrogens with one attached hydrogen (secondary N) is 2. The second-order valence-corrected chi connectivity index (χ2v) is 7.21. The highest BCUT2D eigenvalue weighted by Crippen LogP contribution is 2.19. The molecule has 1 aliphatic heterocycles. The van der Waals surface area contributed by atoms with E-state index < -0.39 is 10.0 Å². The second kappa shape index (κ2) is 7.20. The maximum atomic E-state index is 12.4. The van der Waals surface area contributed by atoms with Gasteiger partial charge in [0.2, 0.25) is 10.0 Å². The summed E-state index contributed by atoms with van der Waals surface area (Å²) >= 11 is 0. The van der Waals surface area contributed by atoms with E-state index in [4.69, 9.17) is 0 Å². The number of piperidine rings is 1. The molecule has 118 valence electrons. The molecular weight excluding hydrogens is 288 g/mol. The lowest BCUT2D eigenvalue weighted by Crippen LogP contribution is -2.37. The molecule has 1 aliphatic rings. The SMILES string of the molecule is CCNc1ncccc1S(=O)(=O)NCC1CCN(C)CC1. The Bertz CT molecular complexity index is 554. The molecule has 21 heavy (non-hydrogen) atoms. The van der Waals surface area contributed by atoms with Gasteiger partial charge in [0.1, 0.15) is 10.7 Å². The van der Waals surface area contributed by atoms with E-state index in [1.165, 1.54) is 0 Å². The summed E-state index contributed by atoms with van der Waals surface area (Å²) in [6.45, 7) is 5.10. The molecule has 0 unspecified atom stereocenters. The fourth-order valence-corrected chi connectivity index (χ4v) is 3.73. The molecule has 1 saturated heterocycles. The van der Waals surface area contributed by atoms with Crippen molar-refractivity contribution >= 4 is 15.8 Å². The Morgan fingerprint density at radius 1 is 1.38 bits per heavy atom. The molecule has 0 radical (unpaired) electrons. The summed E-state index contributed by atoms with van der Waals surface area (Å²) in [6, 6.07) is 3.23. The van der Waals surface area contributed by atoms with Gasteiger partial charge in [-0.05, 0) is 58.0 Å². The first-order valence-corrected chi connectivity index (χ1v) is 8.88. The minimum atomic E-state index is -3.51. The Balaban J connectivity index is 2.01. The number of sulfonamides is 1. The van der Waals surface area contributed by atoms with Crippen LogP contribution in [0.1, 0.15) is 19.8 Å². The Morgan fingerprint density at radius 2 is 2.10 bits per heavy atom. The zero-order chi connectivity index (χ0) is 15.3. The van der Waals surface area contributed by atoms with Crippen molar-refractivity contribution < 1.29 is 8.42 Å². The van der Waals surface area contributed by atoms with Crippen LogP contribution in [0.15, 0.2) is 23.2 Å². The Labute approximate surface area is 127 Å². The first kappa shape index (κ1) is 16.2. The van der Waals surface area contributed by atoms with Crippen molar-refractivity contribution in [2.24, 2.45) is 5.92 Å². The fraction of sp³-hybridized carbons (Fsp3) is 0.643. The van der Waals surface area contributed by atoms with Crippen LogP contribution in [-0.2, 0) is 10.0 Å². The quantitative estimate of drug-likeness (QED) is 0.824. The van der Waals surface area contributed by atoms with Gasteiger partial charge in [0.05, 0.1) is 0 Å². The van der Waals surface area contributed by atoms with Crippen LogP contribution >= 0.6 is 0 Å². The van der Waals surface area contributed by atoms with E-state index in [2.05, 4.69) is 27.0 Å². The van der Waals surface area contributed by atoms with Crippen molar-refractivity contribution in [3.05, 3.63) is 18.3 Å². The molecule has 0 spiro atoms. The lowest BCUT2D eigenvalue weighted by Gasteiger charge is -2.28. The molecule has 0 atom stereocenters. The van der Waals surface area contributed by atoms with Crippen molar-refractivity contribution in [1.82, 2.24) is 14.6 Å². The molecule has 6 nitrogen and oxygen atoms in total. The lowest BCUT2D eigenvalue weighted by molar-refractivity contribution is 0.220. The van der Waals surface area contributed by atoms with Gasteiger partial charge in [-0.25, -0.2) is 18.1 Å². The minimum Gasteiger partial charge on any atom is -0.369 e. The Hall–Kier alpha value is -1.18. The molecule has 1 fully saturated rings. The van der Waals surface area contributed by atoms with Gasteiger partial charge in [-0.1, -0.05) is 0 Å². The third kappa shape index (κ3) is 4.39. The van der Waals surface area contributed by atoms with Crippen molar-refractivity contribution in [1.29, 1.82) is 0 Å². The molecule has 1 aromatic heterocycles. The van der Waals surface area contributed by atoms with Crippen LogP contribution < -0.4 is 10.0 Å². The van der Waals surface area contributed by atoms with Gasteiger partial charge in [0, 0.05) is 19.3 Å². The molecule has 2 N–H and O–H groups in total. The van der Waals surface area contributed by atoms with Crippen LogP contribution in [0.3, 0.4) is 0 Å². The predicted molar refractivity (Wildman–Crippen MR) is 83.8 cm³/mol. The Morgan fingerprint density at radius 3 is 2.76 bits per heavy atom. The van der Waals surface area contributed by atoms with E-state index >= 15 is 0 Å². The molecule has 0 amide bonds. The monoisotopic (exact) mass is 312 g/mol. The van der Waals surface area contributed by atoms with Gasteiger partial charge < -0.3 is 10.2 Å². The standard InChI is InChI=1S/C14H24N4O2S/c1-3-15-14-13(5-4-8-16-14)21(19,20)17-11-12-6-9-18(2)10-7-12/h4-5,8,12,17H,3,6-7,9-11H2,1-2H3,(H,15,16). The smallest absolute Gasteiger partial charge is 0.244 e. The van der Waals surface area contributed by atoms with E-state index in [-0.39, 0.29) is 4.90 Å². The number of pyridine rings is 1. The van der Waals surface area contributed by atoms with E-state index in [1.807, 2.05) is 6.92 Å². The van der Waals surface area contributed by atoms with Crippen LogP contribution in [0.4, 0.5) is 5.82 Å². The second-order valence-electron chi connectivity index (χ2n) is 5.48. The molecule has 7 heteroatoms. The zero-order valence-electron chi connectivity index (χ0n) is 12.7. The maximum Gasteiger partial charge on any atom is 0.244 e. The third-order valence-electron chi connectivity index (χ3n) is 3.80. The summed E-state index contributed by atoms with van der Waals surface area (Å²) in [5.74, 6) is 0.825. The number of nitrogens with zero attached hydrogens (tertiary/aromatic N) is 2. The summed E-state index contributed by atoms with van der Waals surface area (Å²) in [4.78, 5) is 6.60. The lowest BCUT2D eigenvalue weighted by atomic mass is 9.98. The van der Waals surface area contributed by atoms with Crippen LogP contribution in [0.25, 0.3) is 0 Å². The van der Waals surface area contributed by atoms with Gasteiger partial charge in [0.25, 0.3) is 0 Å². The van der Waals surface area contributed by atoms with Crippen molar-refractivity contribution in [3.8, 4) is 0 Å². The maximum absolute atomic E-state index is 12.4. The summed E-state index contributed by atoms with van der Waals surface area (Å²) < 4.78 is 27.6. The highest BCUT2D eigenvalue weighted by atomic mass is 32.2. The average molecular weight is 312 g/mol. The van der Waals surface area contributed by atoms with Crippen LogP contribution in [-0.4, -0.2) is 51.5 Å². The largest absolute Gasteiger partial charge is 0.369 e. The molecule has 2 rings (SSSR count). The van der Waals surface area contributed by atoms with Crippen molar-refractivity contribution in [2.45, 2.75) is 24.7 Å². The highest BCUT2D eigenvalue weighted by Gasteiger charge is 2.22. The van der Waals surface area contributed by atoms with Crippen molar-refractivity contribution in [2.75, 3.05) is 38.5 Å².